The Hall–Kier alpha value is -2.88. The van der Waals surface area contributed by atoms with E-state index >= 15 is 0 Å². The number of hydrogen-bond donors (Lipinski definition) is 3. The van der Waals surface area contributed by atoms with Crippen molar-refractivity contribution >= 4 is 51.0 Å². The summed E-state index contributed by atoms with van der Waals surface area (Å²) in [6.07, 6.45) is 0.459. The Balaban J connectivity index is 1.80. The number of rotatable bonds is 7. The van der Waals surface area contributed by atoms with E-state index in [1.807, 2.05) is 11.0 Å². The number of carboxylic acids is 1. The van der Waals surface area contributed by atoms with Crippen LogP contribution in [0, 0.1) is 0 Å². The fourth-order valence-electron chi connectivity index (χ4n) is 3.03. The van der Waals surface area contributed by atoms with Gasteiger partial charge in [0, 0.05) is 48.2 Å². The van der Waals surface area contributed by atoms with E-state index in [1.165, 1.54) is 7.05 Å². The van der Waals surface area contributed by atoms with Gasteiger partial charge in [0.05, 0.1) is 6.54 Å². The van der Waals surface area contributed by atoms with Gasteiger partial charge in [0.2, 0.25) is 0 Å². The second-order valence-corrected chi connectivity index (χ2v) is 7.25. The van der Waals surface area contributed by atoms with E-state index in [2.05, 4.69) is 31.7 Å². The van der Waals surface area contributed by atoms with Crippen LogP contribution in [0.1, 0.15) is 29.6 Å². The number of urea groups is 1. The number of anilines is 3. The first-order chi connectivity index (χ1) is 13.4. The van der Waals surface area contributed by atoms with Crippen LogP contribution in [-0.2, 0) is 11.3 Å². The van der Waals surface area contributed by atoms with Crippen LogP contribution in [0.25, 0.3) is 0 Å². The van der Waals surface area contributed by atoms with Gasteiger partial charge in [-0.2, -0.15) is 5.10 Å². The highest BCUT2D eigenvalue weighted by Gasteiger charge is 2.24. The predicted molar refractivity (Wildman–Crippen MR) is 107 cm³/mol. The van der Waals surface area contributed by atoms with Gasteiger partial charge in [-0.05, 0) is 24.6 Å². The van der Waals surface area contributed by atoms with Gasteiger partial charge in [0.1, 0.15) is 5.82 Å². The van der Waals surface area contributed by atoms with E-state index in [-0.39, 0.29) is 24.7 Å². The molecule has 1 aliphatic heterocycles. The van der Waals surface area contributed by atoms with Crippen LogP contribution in [0.15, 0.2) is 28.7 Å². The Morgan fingerprint density at radius 1 is 1.18 bits per heavy atom. The molecule has 2 aromatic rings. The summed E-state index contributed by atoms with van der Waals surface area (Å²) in [4.78, 5) is 36.6. The quantitative estimate of drug-likeness (QED) is 0.559. The third-order valence-electron chi connectivity index (χ3n) is 4.35. The lowest BCUT2D eigenvalue weighted by Crippen LogP contribution is -2.24. The van der Waals surface area contributed by atoms with E-state index < -0.39 is 5.97 Å². The fourth-order valence-corrected chi connectivity index (χ4v) is 3.52. The van der Waals surface area contributed by atoms with Gasteiger partial charge in [-0.3, -0.25) is 14.9 Å². The number of carbonyl (C=O) groups is 3. The van der Waals surface area contributed by atoms with Crippen LogP contribution in [0.4, 0.5) is 22.1 Å². The van der Waals surface area contributed by atoms with Crippen molar-refractivity contribution in [1.82, 2.24) is 15.1 Å². The second-order valence-electron chi connectivity index (χ2n) is 6.34. The highest BCUT2D eigenvalue weighted by Crippen LogP contribution is 2.34. The Morgan fingerprint density at radius 2 is 1.96 bits per heavy atom. The molecule has 0 saturated heterocycles. The number of aliphatic carboxylic acids is 1. The summed E-state index contributed by atoms with van der Waals surface area (Å²) in [5.74, 6) is 0.250. The van der Waals surface area contributed by atoms with Crippen molar-refractivity contribution in [1.29, 1.82) is 0 Å². The van der Waals surface area contributed by atoms with Gasteiger partial charge >= 0.3 is 12.0 Å². The molecule has 1 aromatic carbocycles. The zero-order chi connectivity index (χ0) is 20.3. The molecular weight excluding hydrogens is 430 g/mol. The number of nitrogens with zero attached hydrogens (tertiary/aromatic N) is 3. The molecule has 0 bridgehead atoms. The molecule has 148 valence electrons. The summed E-state index contributed by atoms with van der Waals surface area (Å²) >= 11 is 3.45. The molecule has 1 aromatic heterocycles. The van der Waals surface area contributed by atoms with Gasteiger partial charge < -0.3 is 15.3 Å². The van der Waals surface area contributed by atoms with E-state index in [4.69, 9.17) is 5.11 Å². The standard InChI is InChI=1S/C18H20BrN5O4/c1-20-18(28)21-15-10-16-23(5-6-24(16)22-15)13-8-11(7-12(19)9-13)14(25)3-2-4-17(26)27/h7-10H,2-6H2,1H3,(H,26,27)(H2,20,21,22,28). The predicted octanol–water partition coefficient (Wildman–Crippen LogP) is 2.99. The van der Waals surface area contributed by atoms with Crippen molar-refractivity contribution in [2.24, 2.45) is 0 Å². The Labute approximate surface area is 169 Å². The number of aromatic nitrogens is 2. The van der Waals surface area contributed by atoms with Crippen LogP contribution < -0.4 is 15.5 Å². The number of halogens is 1. The molecule has 0 fully saturated rings. The largest absolute Gasteiger partial charge is 0.481 e. The van der Waals surface area contributed by atoms with Gasteiger partial charge in [-0.25, -0.2) is 9.48 Å². The molecule has 3 rings (SSSR count). The molecule has 10 heteroatoms. The number of amides is 2. The maximum absolute atomic E-state index is 12.4. The summed E-state index contributed by atoms with van der Waals surface area (Å²) < 4.78 is 2.55. The molecule has 2 amide bonds. The maximum atomic E-state index is 12.4. The van der Waals surface area contributed by atoms with Gasteiger partial charge in [0.25, 0.3) is 0 Å². The normalized spacial score (nSPS) is 12.6. The van der Waals surface area contributed by atoms with Gasteiger partial charge in [-0.15, -0.1) is 0 Å². The fraction of sp³-hybridized carbons (Fsp3) is 0.333. The average Bonchev–Trinajstić information content (AvgIpc) is 3.20. The summed E-state index contributed by atoms with van der Waals surface area (Å²) in [5, 5.41) is 18.2. The summed E-state index contributed by atoms with van der Waals surface area (Å²) in [6.45, 7) is 1.34. The first-order valence-corrected chi connectivity index (χ1v) is 9.56. The molecular formula is C18H20BrN5O4. The van der Waals surface area contributed by atoms with E-state index in [0.717, 1.165) is 16.0 Å². The molecule has 2 heterocycles. The number of carboxylic acid groups (broad SMARTS) is 1. The van der Waals surface area contributed by atoms with Crippen molar-refractivity contribution in [2.75, 3.05) is 23.8 Å². The van der Waals surface area contributed by atoms with Crippen molar-refractivity contribution in [3.8, 4) is 0 Å². The van der Waals surface area contributed by atoms with E-state index in [9.17, 15) is 14.4 Å². The summed E-state index contributed by atoms with van der Waals surface area (Å²) in [5.41, 5.74) is 1.34. The Kier molecular flexibility index (Phi) is 5.98. The van der Waals surface area contributed by atoms with Crippen LogP contribution >= 0.6 is 15.9 Å². The van der Waals surface area contributed by atoms with Crippen LogP contribution in [0.3, 0.4) is 0 Å². The Bertz CT molecular complexity index is 927. The molecule has 0 aliphatic carbocycles. The average molecular weight is 450 g/mol. The highest BCUT2D eigenvalue weighted by molar-refractivity contribution is 9.10. The summed E-state index contributed by atoms with van der Waals surface area (Å²) in [6, 6.07) is 6.86. The first-order valence-electron chi connectivity index (χ1n) is 8.77. The van der Waals surface area contributed by atoms with Gasteiger partial charge in [0.15, 0.2) is 11.6 Å². The molecule has 28 heavy (non-hydrogen) atoms. The van der Waals surface area contributed by atoms with Crippen LogP contribution in [-0.4, -0.2) is 46.3 Å². The number of benzene rings is 1. The number of Topliss-reactive ketones (excluding diaryl/α,β-unsaturated/α-hetero) is 1. The topological polar surface area (TPSA) is 117 Å². The number of nitrogens with one attached hydrogen (secondary N) is 2. The van der Waals surface area contributed by atoms with Crippen LogP contribution in [0.2, 0.25) is 0 Å². The number of fused-ring (bicyclic) bond motifs is 1. The molecule has 0 unspecified atom stereocenters. The SMILES string of the molecule is CNC(=O)Nc1cc2n(n1)CCN2c1cc(Br)cc(C(=O)CCCC(=O)O)c1. The molecule has 3 N–H and O–H groups in total. The van der Waals surface area contributed by atoms with Gasteiger partial charge in [-0.1, -0.05) is 15.9 Å². The maximum Gasteiger partial charge on any atom is 0.320 e. The molecule has 9 nitrogen and oxygen atoms in total. The van der Waals surface area contributed by atoms with E-state index in [0.29, 0.717) is 30.9 Å². The lowest BCUT2D eigenvalue weighted by atomic mass is 10.0. The van der Waals surface area contributed by atoms with Crippen molar-refractivity contribution in [3.63, 3.8) is 0 Å². The van der Waals surface area contributed by atoms with Crippen molar-refractivity contribution in [2.45, 2.75) is 25.8 Å². The summed E-state index contributed by atoms with van der Waals surface area (Å²) in [7, 11) is 1.53. The third-order valence-corrected chi connectivity index (χ3v) is 4.81. The lowest BCUT2D eigenvalue weighted by Gasteiger charge is -2.18. The lowest BCUT2D eigenvalue weighted by molar-refractivity contribution is -0.137. The van der Waals surface area contributed by atoms with Crippen LogP contribution in [0.5, 0.6) is 0 Å². The third kappa shape index (κ3) is 4.50. The molecule has 0 saturated carbocycles. The smallest absolute Gasteiger partial charge is 0.320 e. The molecule has 1 aliphatic rings. The second kappa shape index (κ2) is 8.42. The Morgan fingerprint density at radius 3 is 2.68 bits per heavy atom. The van der Waals surface area contributed by atoms with Crippen molar-refractivity contribution < 1.29 is 19.5 Å². The minimum Gasteiger partial charge on any atom is -0.481 e. The first kappa shape index (κ1) is 19.9. The number of ketones is 1. The van der Waals surface area contributed by atoms with E-state index in [1.54, 1.807) is 22.9 Å². The minimum absolute atomic E-state index is 0.0287. The zero-order valence-corrected chi connectivity index (χ0v) is 16.8. The molecule has 0 radical (unpaired) electrons. The molecule has 0 spiro atoms. The number of carbonyl (C=O) groups excluding carboxylic acids is 2. The minimum atomic E-state index is -0.908. The monoisotopic (exact) mass is 449 g/mol. The van der Waals surface area contributed by atoms with Crippen molar-refractivity contribution in [3.05, 3.63) is 34.3 Å². The highest BCUT2D eigenvalue weighted by atomic mass is 79.9. The molecule has 0 atom stereocenters. The zero-order valence-electron chi connectivity index (χ0n) is 15.2. The number of hydrogen-bond acceptors (Lipinski definition) is 5.